The van der Waals surface area contributed by atoms with Crippen molar-refractivity contribution in [2.75, 3.05) is 0 Å². The Morgan fingerprint density at radius 1 is 0.500 bits per heavy atom. The fraction of sp³-hybridized carbons (Fsp3) is 0.730. The molecule has 1 heterocycles. The van der Waals surface area contributed by atoms with Crippen LogP contribution in [0, 0.1) is 0 Å². The summed E-state index contributed by atoms with van der Waals surface area (Å²) in [6, 6.07) is 12.3. The van der Waals surface area contributed by atoms with E-state index in [1.165, 1.54) is 96.3 Å². The quantitative estimate of drug-likeness (QED) is 0.111. The number of unbranched alkanes of at least 4 members (excludes halogenated alkanes) is 6. The summed E-state index contributed by atoms with van der Waals surface area (Å²) >= 11 is -5.20. The molecule has 1 aromatic heterocycles. The molecule has 0 spiro atoms. The molecule has 0 amide bonds. The third-order valence-corrected chi connectivity index (χ3v) is 52.7. The van der Waals surface area contributed by atoms with E-state index in [4.69, 9.17) is 0 Å². The molecule has 226 valence electrons. The first kappa shape index (κ1) is 35.1. The van der Waals surface area contributed by atoms with Gasteiger partial charge in [0.05, 0.1) is 0 Å². The van der Waals surface area contributed by atoms with Gasteiger partial charge in [0.1, 0.15) is 0 Å². The molecule has 0 nitrogen and oxygen atoms in total. The van der Waals surface area contributed by atoms with E-state index in [1.807, 2.05) is 0 Å². The molecule has 0 saturated carbocycles. The van der Waals surface area contributed by atoms with Crippen molar-refractivity contribution in [2.24, 2.45) is 0 Å². The van der Waals surface area contributed by atoms with E-state index in [0.29, 0.717) is 0 Å². The molecule has 1 aliphatic rings. The Morgan fingerprint density at radius 3 is 1.12 bits per heavy atom. The zero-order chi connectivity index (χ0) is 28.8. The van der Waals surface area contributed by atoms with Gasteiger partial charge in [-0.05, 0) is 0 Å². The second-order valence-corrected chi connectivity index (χ2v) is 43.9. The molecule has 0 N–H and O–H groups in total. The van der Waals surface area contributed by atoms with Crippen molar-refractivity contribution in [3.8, 4) is 5.30 Å². The first-order chi connectivity index (χ1) is 19.6. The van der Waals surface area contributed by atoms with Crippen LogP contribution in [0.3, 0.4) is 0 Å². The van der Waals surface area contributed by atoms with E-state index in [-0.39, 0.29) is 7.53 Å². The predicted octanol–water partition coefficient (Wildman–Crippen LogP) is 12.3. The molecule has 3 heteroatoms. The molecule has 0 unspecified atom stereocenters. The third kappa shape index (κ3) is 8.40. The normalized spacial score (nSPS) is 13.8. The molecule has 0 fully saturated rings. The van der Waals surface area contributed by atoms with Gasteiger partial charge in [0.25, 0.3) is 0 Å². The molecule has 40 heavy (non-hydrogen) atoms. The van der Waals surface area contributed by atoms with Gasteiger partial charge < -0.3 is 0 Å². The fourth-order valence-electron chi connectivity index (χ4n) is 8.15. The van der Waals surface area contributed by atoms with E-state index in [0.717, 1.165) is 0 Å². The minimum atomic E-state index is -2.60. The monoisotopic (exact) mass is 780 g/mol. The zero-order valence-electron chi connectivity index (χ0n) is 27.7. The van der Waals surface area contributed by atoms with Crippen molar-refractivity contribution in [2.45, 2.75) is 164 Å². The predicted molar refractivity (Wildman–Crippen MR) is 192 cm³/mol. The van der Waals surface area contributed by atoms with Crippen molar-refractivity contribution in [1.29, 1.82) is 0 Å². The summed E-state index contributed by atoms with van der Waals surface area (Å²) in [4.78, 5) is 0. The third-order valence-electron chi connectivity index (χ3n) is 10.3. The van der Waals surface area contributed by atoms with Crippen LogP contribution in [0.2, 0.25) is 26.6 Å². The van der Waals surface area contributed by atoms with E-state index in [9.17, 15) is 0 Å². The summed E-state index contributed by atoms with van der Waals surface area (Å²) < 4.78 is 14.5. The fourth-order valence-corrected chi connectivity index (χ4v) is 62.0. The molecule has 1 aromatic carbocycles. The maximum atomic E-state index is 2.61. The van der Waals surface area contributed by atoms with Crippen LogP contribution in [0.25, 0.3) is 5.30 Å². The van der Waals surface area contributed by atoms with Crippen molar-refractivity contribution >= 4 is 50.9 Å². The van der Waals surface area contributed by atoms with Crippen LogP contribution in [-0.4, -0.2) is 36.8 Å². The molecule has 0 bridgehead atoms. The zero-order valence-corrected chi connectivity index (χ0v) is 34.3. The van der Waals surface area contributed by atoms with Crippen molar-refractivity contribution < 1.29 is 0 Å². The standard InChI is InChI=1S/C13H11P.6C4H9.2Sn/c1-2-7-13(8-3-1)14-9-11-5-4-6-12(11)10-14;6*1-3-4-2;;/h1-3,7-8H,4-6H2;6*1,3-4H2,2H3;;. The van der Waals surface area contributed by atoms with Crippen molar-refractivity contribution in [3.05, 3.63) is 41.5 Å². The molecular weight excluding hydrogens is 713 g/mol. The second-order valence-electron chi connectivity index (χ2n) is 13.4. The Balaban J connectivity index is 2.44. The molecule has 0 saturated heterocycles. The van der Waals surface area contributed by atoms with Gasteiger partial charge in [0.2, 0.25) is 0 Å². The Labute approximate surface area is 260 Å². The Morgan fingerprint density at radius 2 is 0.825 bits per heavy atom. The van der Waals surface area contributed by atoms with Gasteiger partial charge in [-0.1, -0.05) is 0 Å². The Kier molecular flexibility index (Phi) is 16.2. The van der Waals surface area contributed by atoms with E-state index in [2.05, 4.69) is 89.6 Å². The van der Waals surface area contributed by atoms with Gasteiger partial charge in [0.15, 0.2) is 0 Å². The van der Waals surface area contributed by atoms with Crippen molar-refractivity contribution in [3.63, 3.8) is 0 Å². The summed E-state index contributed by atoms with van der Waals surface area (Å²) in [7, 11) is -0.230. The van der Waals surface area contributed by atoms with Crippen LogP contribution in [0.4, 0.5) is 0 Å². The maximum absolute atomic E-state index is 2.61. The summed E-state index contributed by atoms with van der Waals surface area (Å²) in [5, 5.41) is 1.79. The first-order valence-corrected chi connectivity index (χ1v) is 34.2. The summed E-state index contributed by atoms with van der Waals surface area (Å²) in [6.45, 7) is 14.8. The first-order valence-electron chi connectivity index (χ1n) is 17.9. The van der Waals surface area contributed by atoms with Crippen molar-refractivity contribution in [1.82, 2.24) is 0 Å². The molecule has 2 aromatic rings. The second kappa shape index (κ2) is 18.4. The van der Waals surface area contributed by atoms with Gasteiger partial charge in [-0.2, -0.15) is 0 Å². The van der Waals surface area contributed by atoms with Gasteiger partial charge in [0, 0.05) is 0 Å². The molecule has 0 radical (unpaired) electrons. The van der Waals surface area contributed by atoms with Crippen LogP contribution in [0.5, 0.6) is 0 Å². The summed E-state index contributed by atoms with van der Waals surface area (Å²) in [5.74, 6) is 0. The SMILES string of the molecule is CCC[CH2][Sn]([CH2]CCC)([CH2]CCC)[c]1c2c([c]([Sn]([CH2]CCC)([CH2]CCC)[CH2]CCC)p1-c1ccccc1)CCC2. The minimum absolute atomic E-state index is 0.230. The topological polar surface area (TPSA) is 0 Å². The number of hydrogen-bond donors (Lipinski definition) is 0. The van der Waals surface area contributed by atoms with Crippen LogP contribution in [0.15, 0.2) is 30.3 Å². The van der Waals surface area contributed by atoms with E-state index >= 15 is 0 Å². The number of benzene rings is 1. The number of hydrogen-bond acceptors (Lipinski definition) is 0. The van der Waals surface area contributed by atoms with Gasteiger partial charge in [-0.15, -0.1) is 0 Å². The van der Waals surface area contributed by atoms with Crippen LogP contribution in [-0.2, 0) is 12.8 Å². The van der Waals surface area contributed by atoms with Crippen LogP contribution >= 0.6 is 7.53 Å². The Bertz CT molecular complexity index is 875. The van der Waals surface area contributed by atoms with Gasteiger partial charge in [-0.3, -0.25) is 0 Å². The van der Waals surface area contributed by atoms with Crippen LogP contribution < -0.4 is 6.62 Å². The number of fused-ring (bicyclic) bond motifs is 1. The van der Waals surface area contributed by atoms with Crippen LogP contribution in [0.1, 0.15) is 136 Å². The summed E-state index contributed by atoms with van der Waals surface area (Å²) in [5.41, 5.74) is 4.10. The summed E-state index contributed by atoms with van der Waals surface area (Å²) in [6.07, 6.45) is 21.7. The van der Waals surface area contributed by atoms with E-state index < -0.39 is 36.8 Å². The molecule has 1 aliphatic carbocycles. The molecule has 0 aliphatic heterocycles. The molecule has 0 atom stereocenters. The number of rotatable bonds is 21. The van der Waals surface area contributed by atoms with Gasteiger partial charge >= 0.3 is 262 Å². The van der Waals surface area contributed by atoms with Gasteiger partial charge in [-0.25, -0.2) is 0 Å². The average molecular weight is 778 g/mol. The molecule has 3 rings (SSSR count). The van der Waals surface area contributed by atoms with E-state index in [1.54, 1.807) is 31.9 Å². The average Bonchev–Trinajstić information content (AvgIpc) is 3.59. The molecular formula is C37H65PSn2. The Hall–Kier alpha value is 0.597.